The van der Waals surface area contributed by atoms with Gasteiger partial charge in [-0.15, -0.1) is 0 Å². The van der Waals surface area contributed by atoms with Gasteiger partial charge in [0.2, 0.25) is 5.91 Å². The lowest BCUT2D eigenvalue weighted by molar-refractivity contribution is -0.123. The van der Waals surface area contributed by atoms with Crippen LogP contribution in [0.1, 0.15) is 44.0 Å². The summed E-state index contributed by atoms with van der Waals surface area (Å²) in [5.41, 5.74) is 0.884. The molecule has 2 amide bonds. The molecule has 1 aromatic carbocycles. The van der Waals surface area contributed by atoms with Crippen LogP contribution in [0.15, 0.2) is 18.2 Å². The number of nitrogens with one attached hydrogen (secondary N) is 2. The lowest BCUT2D eigenvalue weighted by Crippen LogP contribution is -2.29. The molecule has 0 saturated heterocycles. The minimum Gasteiger partial charge on any atom is -0.482 e. The van der Waals surface area contributed by atoms with Crippen molar-refractivity contribution in [3.63, 3.8) is 0 Å². The molecule has 0 spiro atoms. The molecule has 120 valence electrons. The number of ether oxygens (including phenoxy) is 1. The van der Waals surface area contributed by atoms with Gasteiger partial charge in [0, 0.05) is 19.0 Å². The average molecular weight is 306 g/mol. The number of benzene rings is 1. The molecule has 0 bridgehead atoms. The fourth-order valence-corrected chi connectivity index (χ4v) is 1.75. The molecule has 1 rings (SSSR count). The minimum atomic E-state index is -0.257. The number of amides is 2. The fourth-order valence-electron chi connectivity index (χ4n) is 1.75. The highest BCUT2D eigenvalue weighted by molar-refractivity contribution is 5.96. The summed E-state index contributed by atoms with van der Waals surface area (Å²) in [6, 6.07) is 4.71. The quantitative estimate of drug-likeness (QED) is 0.569. The fraction of sp³-hybridized carbons (Fsp3) is 0.438. The van der Waals surface area contributed by atoms with Crippen LogP contribution in [0.2, 0.25) is 0 Å². The number of carbonyl (C=O) groups is 3. The number of hydrogen-bond donors (Lipinski definition) is 2. The Balaban J connectivity index is 2.76. The molecule has 0 heterocycles. The first-order valence-electron chi connectivity index (χ1n) is 7.26. The number of rotatable bonds is 8. The van der Waals surface area contributed by atoms with Crippen LogP contribution >= 0.6 is 0 Å². The van der Waals surface area contributed by atoms with E-state index in [9.17, 15) is 14.4 Å². The van der Waals surface area contributed by atoms with Gasteiger partial charge in [0.15, 0.2) is 12.4 Å². The van der Waals surface area contributed by atoms with E-state index in [1.165, 1.54) is 19.9 Å². The largest absolute Gasteiger partial charge is 0.482 e. The average Bonchev–Trinajstić information content (AvgIpc) is 2.45. The molecule has 0 aliphatic rings. The molecule has 2 N–H and O–H groups in total. The van der Waals surface area contributed by atoms with E-state index < -0.39 is 0 Å². The topological polar surface area (TPSA) is 84.5 Å². The van der Waals surface area contributed by atoms with Gasteiger partial charge in [-0.25, -0.2) is 0 Å². The van der Waals surface area contributed by atoms with Gasteiger partial charge in [0.25, 0.3) is 5.91 Å². The summed E-state index contributed by atoms with van der Waals surface area (Å²) in [5.74, 6) is -0.316. The summed E-state index contributed by atoms with van der Waals surface area (Å²) in [4.78, 5) is 34.3. The predicted octanol–water partition coefficient (Wildman–Crippen LogP) is 2.14. The van der Waals surface area contributed by atoms with E-state index in [2.05, 4.69) is 10.6 Å². The zero-order valence-corrected chi connectivity index (χ0v) is 13.2. The number of carbonyl (C=O) groups excluding carboxylic acids is 3. The first-order valence-corrected chi connectivity index (χ1v) is 7.26. The maximum absolute atomic E-state index is 11.7. The second-order valence-electron chi connectivity index (χ2n) is 4.94. The lowest BCUT2D eigenvalue weighted by atomic mass is 10.1. The zero-order valence-electron chi connectivity index (χ0n) is 13.2. The van der Waals surface area contributed by atoms with Crippen LogP contribution in [0.25, 0.3) is 0 Å². The predicted molar refractivity (Wildman–Crippen MR) is 84.2 cm³/mol. The Bertz CT molecular complexity index is 555. The molecule has 1 aromatic rings. The van der Waals surface area contributed by atoms with E-state index in [0.29, 0.717) is 23.5 Å². The van der Waals surface area contributed by atoms with E-state index >= 15 is 0 Å². The minimum absolute atomic E-state index is 0.119. The van der Waals surface area contributed by atoms with E-state index in [-0.39, 0.29) is 24.2 Å². The maximum atomic E-state index is 11.7. The molecule has 0 fully saturated rings. The summed E-state index contributed by atoms with van der Waals surface area (Å²) < 4.78 is 5.44. The third-order valence-electron chi connectivity index (χ3n) is 2.91. The maximum Gasteiger partial charge on any atom is 0.257 e. The van der Waals surface area contributed by atoms with Gasteiger partial charge in [0.05, 0.1) is 5.69 Å². The van der Waals surface area contributed by atoms with Crippen LogP contribution in [0.3, 0.4) is 0 Å². The molecule has 0 aliphatic carbocycles. The van der Waals surface area contributed by atoms with Crippen LogP contribution < -0.4 is 15.4 Å². The molecule has 0 radical (unpaired) electrons. The van der Waals surface area contributed by atoms with Crippen molar-refractivity contribution in [2.75, 3.05) is 18.5 Å². The van der Waals surface area contributed by atoms with Crippen molar-refractivity contribution in [3.05, 3.63) is 23.8 Å². The summed E-state index contributed by atoms with van der Waals surface area (Å²) >= 11 is 0. The Kier molecular flexibility index (Phi) is 7.08. The van der Waals surface area contributed by atoms with Crippen molar-refractivity contribution in [1.82, 2.24) is 5.32 Å². The second-order valence-corrected chi connectivity index (χ2v) is 4.94. The molecule has 6 heteroatoms. The molecule has 22 heavy (non-hydrogen) atoms. The van der Waals surface area contributed by atoms with Crippen LogP contribution in [-0.4, -0.2) is 30.7 Å². The Labute approximate surface area is 130 Å². The Morgan fingerprint density at radius 2 is 1.91 bits per heavy atom. The summed E-state index contributed by atoms with van der Waals surface area (Å²) in [5, 5.41) is 5.34. The lowest BCUT2D eigenvalue weighted by Gasteiger charge is -2.13. The number of Topliss-reactive ketones (excluding diaryl/α,β-unsaturated/α-hetero) is 1. The normalized spacial score (nSPS) is 9.95. The first kappa shape index (κ1) is 17.7. The third kappa shape index (κ3) is 5.95. The smallest absolute Gasteiger partial charge is 0.257 e. The van der Waals surface area contributed by atoms with Crippen molar-refractivity contribution in [3.8, 4) is 5.75 Å². The van der Waals surface area contributed by atoms with E-state index in [0.717, 1.165) is 12.8 Å². The first-order chi connectivity index (χ1) is 10.4. The number of anilines is 1. The number of ketones is 1. The number of hydrogen-bond acceptors (Lipinski definition) is 4. The second kappa shape index (κ2) is 8.81. The van der Waals surface area contributed by atoms with Gasteiger partial charge in [-0.2, -0.15) is 0 Å². The van der Waals surface area contributed by atoms with E-state index in [1.807, 2.05) is 6.92 Å². The van der Waals surface area contributed by atoms with Gasteiger partial charge in [-0.3, -0.25) is 14.4 Å². The summed E-state index contributed by atoms with van der Waals surface area (Å²) in [7, 11) is 0. The van der Waals surface area contributed by atoms with Crippen molar-refractivity contribution in [1.29, 1.82) is 0 Å². The van der Waals surface area contributed by atoms with Crippen molar-refractivity contribution in [2.24, 2.45) is 0 Å². The highest BCUT2D eigenvalue weighted by Crippen LogP contribution is 2.26. The Morgan fingerprint density at radius 1 is 1.18 bits per heavy atom. The van der Waals surface area contributed by atoms with Crippen molar-refractivity contribution >= 4 is 23.3 Å². The van der Waals surface area contributed by atoms with Crippen LogP contribution in [0.5, 0.6) is 5.75 Å². The van der Waals surface area contributed by atoms with Crippen molar-refractivity contribution in [2.45, 2.75) is 33.6 Å². The van der Waals surface area contributed by atoms with Gasteiger partial charge < -0.3 is 15.4 Å². The van der Waals surface area contributed by atoms with Gasteiger partial charge in [0.1, 0.15) is 5.75 Å². The van der Waals surface area contributed by atoms with Crippen molar-refractivity contribution < 1.29 is 19.1 Å². The third-order valence-corrected chi connectivity index (χ3v) is 2.91. The monoisotopic (exact) mass is 306 g/mol. The zero-order chi connectivity index (χ0) is 16.5. The highest BCUT2D eigenvalue weighted by atomic mass is 16.5. The van der Waals surface area contributed by atoms with Crippen LogP contribution in [0.4, 0.5) is 5.69 Å². The van der Waals surface area contributed by atoms with Gasteiger partial charge >= 0.3 is 0 Å². The molecular formula is C16H22N2O4. The Hall–Kier alpha value is -2.37. The number of unbranched alkanes of at least 4 members (excludes halogenated alkanes) is 1. The Morgan fingerprint density at radius 3 is 2.50 bits per heavy atom. The molecule has 6 nitrogen and oxygen atoms in total. The molecule has 0 unspecified atom stereocenters. The summed E-state index contributed by atoms with van der Waals surface area (Å²) in [6.45, 7) is 5.28. The highest BCUT2D eigenvalue weighted by Gasteiger charge is 2.11. The standard InChI is InChI=1S/C16H22N2O4/c1-4-5-8-17-16(21)10-22-15-9-13(11(2)19)6-7-14(15)18-12(3)20/h6-7,9H,4-5,8,10H2,1-3H3,(H,17,21)(H,18,20). The van der Waals surface area contributed by atoms with E-state index in [4.69, 9.17) is 4.74 Å². The molecule has 0 saturated carbocycles. The van der Waals surface area contributed by atoms with Gasteiger partial charge in [-0.05, 0) is 31.5 Å². The molecular weight excluding hydrogens is 284 g/mol. The molecule has 0 aliphatic heterocycles. The molecule has 0 atom stereocenters. The van der Waals surface area contributed by atoms with Crippen LogP contribution in [-0.2, 0) is 9.59 Å². The summed E-state index contributed by atoms with van der Waals surface area (Å²) in [6.07, 6.45) is 1.90. The SMILES string of the molecule is CCCCNC(=O)COc1cc(C(C)=O)ccc1NC(C)=O. The van der Waals surface area contributed by atoms with E-state index in [1.54, 1.807) is 12.1 Å². The van der Waals surface area contributed by atoms with Crippen LogP contribution in [0, 0.1) is 0 Å². The molecule has 0 aromatic heterocycles. The van der Waals surface area contributed by atoms with Gasteiger partial charge in [-0.1, -0.05) is 13.3 Å².